The number of carboxylic acids is 1. The van der Waals surface area contributed by atoms with E-state index in [0.29, 0.717) is 25.9 Å². The molecule has 1 fully saturated rings. The molecule has 2 amide bonds. The Kier molecular flexibility index (Phi) is 9.02. The number of hydrogen-bond acceptors (Lipinski definition) is 6. The number of aromatic carboxylic acids is 1. The zero-order chi connectivity index (χ0) is 27.2. The molecule has 0 radical (unpaired) electrons. The maximum absolute atomic E-state index is 13.4. The lowest BCUT2D eigenvalue weighted by Gasteiger charge is -2.34. The van der Waals surface area contributed by atoms with Crippen molar-refractivity contribution in [3.8, 4) is 6.07 Å². The molecular formula is C26H30N4O6S. The van der Waals surface area contributed by atoms with Crippen molar-refractivity contribution in [3.63, 3.8) is 0 Å². The Morgan fingerprint density at radius 1 is 1.19 bits per heavy atom. The predicted molar refractivity (Wildman–Crippen MR) is 137 cm³/mol. The van der Waals surface area contributed by atoms with Crippen molar-refractivity contribution in [2.24, 2.45) is 5.92 Å². The zero-order valence-corrected chi connectivity index (χ0v) is 21.6. The average molecular weight is 527 g/mol. The summed E-state index contributed by atoms with van der Waals surface area (Å²) < 4.78 is 28.1. The van der Waals surface area contributed by atoms with Gasteiger partial charge in [-0.15, -0.1) is 0 Å². The number of carbonyl (C=O) groups excluding carboxylic acids is 2. The van der Waals surface area contributed by atoms with Crippen LogP contribution in [0.25, 0.3) is 0 Å². The Balaban J connectivity index is 1.81. The van der Waals surface area contributed by atoms with E-state index in [9.17, 15) is 27.9 Å². The Hall–Kier alpha value is -3.75. The number of nitrogens with zero attached hydrogens (tertiary/aromatic N) is 3. The minimum atomic E-state index is -3.98. The summed E-state index contributed by atoms with van der Waals surface area (Å²) in [5.41, 5.74) is -0.135. The summed E-state index contributed by atoms with van der Waals surface area (Å²) in [5.74, 6) is -2.49. The number of amides is 2. The number of hydrogen-bond donors (Lipinski definition) is 2. The van der Waals surface area contributed by atoms with Crippen LogP contribution < -0.4 is 5.32 Å². The number of nitrogens with one attached hydrogen (secondary N) is 1. The predicted octanol–water partition coefficient (Wildman–Crippen LogP) is 3.17. The first-order valence-corrected chi connectivity index (χ1v) is 13.5. The minimum absolute atomic E-state index is 0.0188. The van der Waals surface area contributed by atoms with E-state index in [2.05, 4.69) is 5.32 Å². The lowest BCUT2D eigenvalue weighted by Crippen LogP contribution is -2.46. The summed E-state index contributed by atoms with van der Waals surface area (Å²) in [6.07, 6.45) is 1.99. The second-order valence-corrected chi connectivity index (χ2v) is 10.7. The first kappa shape index (κ1) is 27.8. The average Bonchev–Trinajstić information content (AvgIpc) is 2.91. The van der Waals surface area contributed by atoms with E-state index in [4.69, 9.17) is 5.26 Å². The Bertz CT molecular complexity index is 1330. The van der Waals surface area contributed by atoms with Crippen LogP contribution in [0, 0.1) is 17.2 Å². The van der Waals surface area contributed by atoms with Crippen LogP contribution in [0.4, 0.5) is 5.69 Å². The molecule has 37 heavy (non-hydrogen) atoms. The number of piperidine rings is 1. The summed E-state index contributed by atoms with van der Waals surface area (Å²) in [6.45, 7) is 5.43. The molecule has 1 heterocycles. The standard InChI is InChI=1S/C26H30N4O6S/c1-3-12-29(4-2)25(32)20-8-6-13-30(17-20)37(35,36)21-9-5-7-19(15-21)24(31)28-23-11-10-18(16-27)14-22(23)26(33)34/h5,7,9-11,14-15,20H,3-4,6,8,12-13,17H2,1-2H3,(H,28,31)(H,33,34). The molecule has 0 aromatic heterocycles. The number of carbonyl (C=O) groups is 3. The van der Waals surface area contributed by atoms with Crippen molar-refractivity contribution in [2.75, 3.05) is 31.5 Å². The summed E-state index contributed by atoms with van der Waals surface area (Å²) in [6, 6.07) is 11.1. The van der Waals surface area contributed by atoms with Crippen LogP contribution in [0.3, 0.4) is 0 Å². The maximum Gasteiger partial charge on any atom is 0.337 e. The highest BCUT2D eigenvalue weighted by atomic mass is 32.2. The van der Waals surface area contributed by atoms with Crippen molar-refractivity contribution in [1.29, 1.82) is 5.26 Å². The third-order valence-electron chi connectivity index (χ3n) is 6.28. The van der Waals surface area contributed by atoms with Gasteiger partial charge in [-0.2, -0.15) is 9.57 Å². The molecule has 0 bridgehead atoms. The molecule has 1 aliphatic rings. The molecule has 10 nitrogen and oxygen atoms in total. The zero-order valence-electron chi connectivity index (χ0n) is 20.8. The normalized spacial score (nSPS) is 16.0. The van der Waals surface area contributed by atoms with E-state index in [-0.39, 0.29) is 46.3 Å². The van der Waals surface area contributed by atoms with Gasteiger partial charge in [-0.1, -0.05) is 13.0 Å². The van der Waals surface area contributed by atoms with Gasteiger partial charge in [0.05, 0.1) is 33.7 Å². The smallest absolute Gasteiger partial charge is 0.337 e. The molecule has 2 N–H and O–H groups in total. The molecule has 1 saturated heterocycles. The molecule has 3 rings (SSSR count). The van der Waals surface area contributed by atoms with E-state index in [0.717, 1.165) is 12.5 Å². The summed E-state index contributed by atoms with van der Waals surface area (Å²) >= 11 is 0. The van der Waals surface area contributed by atoms with Crippen LogP contribution >= 0.6 is 0 Å². The third kappa shape index (κ3) is 6.34. The van der Waals surface area contributed by atoms with Gasteiger partial charge >= 0.3 is 5.97 Å². The van der Waals surface area contributed by atoms with E-state index in [1.54, 1.807) is 4.90 Å². The SMILES string of the molecule is CCCN(CC)C(=O)C1CCCN(S(=O)(=O)c2cccc(C(=O)Nc3ccc(C#N)cc3C(=O)O)c2)C1. The lowest BCUT2D eigenvalue weighted by molar-refractivity contribution is -0.136. The molecule has 1 aliphatic heterocycles. The molecule has 2 aromatic rings. The second-order valence-electron chi connectivity index (χ2n) is 8.78. The number of carboxylic acid groups (broad SMARTS) is 1. The topological polar surface area (TPSA) is 148 Å². The van der Waals surface area contributed by atoms with Gasteiger partial charge in [-0.3, -0.25) is 9.59 Å². The highest BCUT2D eigenvalue weighted by Crippen LogP contribution is 2.26. The minimum Gasteiger partial charge on any atom is -0.478 e. The van der Waals surface area contributed by atoms with Crippen LogP contribution in [-0.4, -0.2) is 66.7 Å². The monoisotopic (exact) mass is 526 g/mol. The molecule has 196 valence electrons. The Morgan fingerprint density at radius 2 is 1.95 bits per heavy atom. The first-order chi connectivity index (χ1) is 17.6. The second kappa shape index (κ2) is 12.0. The molecular weight excluding hydrogens is 496 g/mol. The molecule has 0 saturated carbocycles. The molecule has 11 heteroatoms. The Labute approximate surface area is 216 Å². The summed E-state index contributed by atoms with van der Waals surface area (Å²) in [5, 5.41) is 20.9. The fraction of sp³-hybridized carbons (Fsp3) is 0.385. The molecule has 0 aliphatic carbocycles. The fourth-order valence-corrected chi connectivity index (χ4v) is 5.93. The van der Waals surface area contributed by atoms with Crippen LogP contribution in [0.5, 0.6) is 0 Å². The van der Waals surface area contributed by atoms with Crippen molar-refractivity contribution < 1.29 is 27.9 Å². The first-order valence-electron chi connectivity index (χ1n) is 12.1. The number of benzene rings is 2. The molecule has 1 unspecified atom stereocenters. The third-order valence-corrected chi connectivity index (χ3v) is 8.14. The fourth-order valence-electron chi connectivity index (χ4n) is 4.36. The summed E-state index contributed by atoms with van der Waals surface area (Å²) in [7, 11) is -3.98. The van der Waals surface area contributed by atoms with Crippen molar-refractivity contribution >= 4 is 33.5 Å². The van der Waals surface area contributed by atoms with Gasteiger partial charge in [0.1, 0.15) is 0 Å². The number of rotatable bonds is 9. The summed E-state index contributed by atoms with van der Waals surface area (Å²) in [4.78, 5) is 39.1. The largest absolute Gasteiger partial charge is 0.478 e. The lowest BCUT2D eigenvalue weighted by atomic mass is 9.98. The van der Waals surface area contributed by atoms with E-state index in [1.165, 1.54) is 40.7 Å². The number of anilines is 1. The quantitative estimate of drug-likeness (QED) is 0.510. The van der Waals surface area contributed by atoms with Crippen LogP contribution in [0.2, 0.25) is 0 Å². The maximum atomic E-state index is 13.4. The van der Waals surface area contributed by atoms with Crippen molar-refractivity contribution in [1.82, 2.24) is 9.21 Å². The number of nitriles is 1. The van der Waals surface area contributed by atoms with Crippen LogP contribution in [0.1, 0.15) is 59.4 Å². The Morgan fingerprint density at radius 3 is 2.59 bits per heavy atom. The molecule has 1 atom stereocenters. The van der Waals surface area contributed by atoms with Crippen molar-refractivity contribution in [3.05, 3.63) is 59.2 Å². The van der Waals surface area contributed by atoms with Gasteiger partial charge in [0.15, 0.2) is 0 Å². The van der Waals surface area contributed by atoms with E-state index < -0.39 is 27.8 Å². The van der Waals surface area contributed by atoms with E-state index >= 15 is 0 Å². The van der Waals surface area contributed by atoms with Gasteiger partial charge in [0.25, 0.3) is 5.91 Å². The van der Waals surface area contributed by atoms with Crippen LogP contribution in [-0.2, 0) is 14.8 Å². The highest BCUT2D eigenvalue weighted by Gasteiger charge is 2.35. The van der Waals surface area contributed by atoms with Gasteiger partial charge in [0, 0.05) is 31.7 Å². The van der Waals surface area contributed by atoms with Crippen molar-refractivity contribution in [2.45, 2.75) is 38.0 Å². The van der Waals surface area contributed by atoms with Crippen LogP contribution in [0.15, 0.2) is 47.4 Å². The van der Waals surface area contributed by atoms with Gasteiger partial charge in [-0.05, 0) is 62.6 Å². The van der Waals surface area contributed by atoms with E-state index in [1.807, 2.05) is 19.9 Å². The van der Waals surface area contributed by atoms with Gasteiger partial charge < -0.3 is 15.3 Å². The molecule has 0 spiro atoms. The van der Waals surface area contributed by atoms with Gasteiger partial charge in [0.2, 0.25) is 15.9 Å². The molecule has 2 aromatic carbocycles. The highest BCUT2D eigenvalue weighted by molar-refractivity contribution is 7.89. The van der Waals surface area contributed by atoms with Gasteiger partial charge in [-0.25, -0.2) is 13.2 Å². The number of sulfonamides is 1.